The zero-order valence-electron chi connectivity index (χ0n) is 12.9. The number of aliphatic hydroxyl groups is 2. The van der Waals surface area contributed by atoms with E-state index in [1.807, 2.05) is 18.2 Å². The van der Waals surface area contributed by atoms with Gasteiger partial charge >= 0.3 is 0 Å². The summed E-state index contributed by atoms with van der Waals surface area (Å²) in [5.41, 5.74) is 0.915. The Morgan fingerprint density at radius 3 is 2.90 bits per heavy atom. The van der Waals surface area contributed by atoms with Gasteiger partial charge < -0.3 is 20.3 Å². The van der Waals surface area contributed by atoms with Gasteiger partial charge in [-0.25, -0.2) is 0 Å². The van der Waals surface area contributed by atoms with Crippen molar-refractivity contribution in [1.29, 1.82) is 0 Å². The van der Waals surface area contributed by atoms with Crippen LogP contribution in [0.5, 0.6) is 5.75 Å². The van der Waals surface area contributed by atoms with E-state index in [0.717, 1.165) is 28.4 Å². The fourth-order valence-electron chi connectivity index (χ4n) is 2.16. The maximum atomic E-state index is 10.0. The van der Waals surface area contributed by atoms with Crippen LogP contribution in [0.3, 0.4) is 0 Å². The van der Waals surface area contributed by atoms with Gasteiger partial charge in [0.15, 0.2) is 0 Å². The first-order chi connectivity index (χ1) is 9.87. The van der Waals surface area contributed by atoms with E-state index in [0.29, 0.717) is 6.54 Å². The first-order valence-corrected chi connectivity index (χ1v) is 8.35. The Hall–Kier alpha value is -0.750. The summed E-state index contributed by atoms with van der Waals surface area (Å²) in [7, 11) is 0. The summed E-state index contributed by atoms with van der Waals surface area (Å²) in [6.45, 7) is 6.93. The maximum Gasteiger partial charge on any atom is 0.133 e. The molecule has 0 bridgehead atoms. The molecule has 3 N–H and O–H groups in total. The molecule has 1 aliphatic heterocycles. The molecule has 2 atom stereocenters. The topological polar surface area (TPSA) is 61.7 Å². The SMILES string of the molecule is CC(C)(C)NCC(O)COc1cccc2c1SCCC2O. The van der Waals surface area contributed by atoms with Gasteiger partial charge in [0.05, 0.1) is 11.0 Å². The molecule has 0 fully saturated rings. The van der Waals surface area contributed by atoms with Gasteiger partial charge in [0.1, 0.15) is 18.5 Å². The van der Waals surface area contributed by atoms with Crippen molar-refractivity contribution in [3.05, 3.63) is 23.8 Å². The molecule has 1 heterocycles. The molecule has 0 radical (unpaired) electrons. The highest BCUT2D eigenvalue weighted by atomic mass is 32.2. The molecular weight excluding hydrogens is 286 g/mol. The zero-order valence-corrected chi connectivity index (χ0v) is 13.7. The van der Waals surface area contributed by atoms with Crippen molar-refractivity contribution in [2.45, 2.75) is 49.8 Å². The fraction of sp³-hybridized carbons (Fsp3) is 0.625. The molecule has 1 aromatic carbocycles. The Kier molecular flexibility index (Phi) is 5.54. The largest absolute Gasteiger partial charge is 0.490 e. The predicted octanol–water partition coefficient (Wildman–Crippen LogP) is 2.34. The highest BCUT2D eigenvalue weighted by molar-refractivity contribution is 7.99. The van der Waals surface area contributed by atoms with Crippen LogP contribution in [0.25, 0.3) is 0 Å². The highest BCUT2D eigenvalue weighted by Crippen LogP contribution is 2.41. The van der Waals surface area contributed by atoms with E-state index in [2.05, 4.69) is 26.1 Å². The molecule has 0 aromatic heterocycles. The molecule has 0 spiro atoms. The number of aliphatic hydroxyl groups excluding tert-OH is 2. The van der Waals surface area contributed by atoms with E-state index >= 15 is 0 Å². The molecule has 2 unspecified atom stereocenters. The quantitative estimate of drug-likeness (QED) is 0.779. The molecule has 0 amide bonds. The van der Waals surface area contributed by atoms with Gasteiger partial charge in [-0.15, -0.1) is 11.8 Å². The van der Waals surface area contributed by atoms with Gasteiger partial charge in [-0.2, -0.15) is 0 Å². The van der Waals surface area contributed by atoms with Gasteiger partial charge in [-0.3, -0.25) is 0 Å². The number of ether oxygens (including phenoxy) is 1. The maximum absolute atomic E-state index is 10.0. The van der Waals surface area contributed by atoms with Crippen LogP contribution in [-0.4, -0.2) is 40.8 Å². The lowest BCUT2D eigenvalue weighted by atomic mass is 10.1. The fourth-order valence-corrected chi connectivity index (χ4v) is 3.35. The summed E-state index contributed by atoms with van der Waals surface area (Å²) in [5.74, 6) is 1.65. The minimum absolute atomic E-state index is 0.0210. The number of nitrogens with one attached hydrogen (secondary N) is 1. The van der Waals surface area contributed by atoms with Gasteiger partial charge in [0.2, 0.25) is 0 Å². The van der Waals surface area contributed by atoms with Gasteiger partial charge in [0.25, 0.3) is 0 Å². The lowest BCUT2D eigenvalue weighted by Crippen LogP contribution is -2.42. The van der Waals surface area contributed by atoms with Crippen molar-refractivity contribution >= 4 is 11.8 Å². The van der Waals surface area contributed by atoms with Crippen LogP contribution in [0, 0.1) is 0 Å². The van der Waals surface area contributed by atoms with E-state index in [9.17, 15) is 10.2 Å². The van der Waals surface area contributed by atoms with E-state index in [1.54, 1.807) is 11.8 Å². The third-order valence-corrected chi connectivity index (χ3v) is 4.47. The van der Waals surface area contributed by atoms with Crippen LogP contribution >= 0.6 is 11.8 Å². The summed E-state index contributed by atoms with van der Waals surface area (Å²) in [6.07, 6.45) is -0.185. The monoisotopic (exact) mass is 311 g/mol. The first-order valence-electron chi connectivity index (χ1n) is 7.36. The minimum atomic E-state index is -0.557. The summed E-state index contributed by atoms with van der Waals surface area (Å²) < 4.78 is 5.76. The third kappa shape index (κ3) is 4.88. The van der Waals surface area contributed by atoms with Crippen LogP contribution in [0.1, 0.15) is 38.9 Å². The summed E-state index contributed by atoms with van der Waals surface area (Å²) in [4.78, 5) is 1.01. The molecule has 21 heavy (non-hydrogen) atoms. The summed E-state index contributed by atoms with van der Waals surface area (Å²) in [6, 6.07) is 5.73. The molecule has 0 saturated heterocycles. The van der Waals surface area contributed by atoms with Crippen molar-refractivity contribution in [3.8, 4) is 5.75 Å². The van der Waals surface area contributed by atoms with E-state index in [1.165, 1.54) is 0 Å². The molecule has 2 rings (SSSR count). The number of rotatable bonds is 5. The molecule has 0 saturated carbocycles. The van der Waals surface area contributed by atoms with Crippen LogP contribution in [0.2, 0.25) is 0 Å². The third-order valence-electron chi connectivity index (χ3n) is 3.31. The minimum Gasteiger partial charge on any atom is -0.490 e. The molecule has 1 aromatic rings. The van der Waals surface area contributed by atoms with Crippen molar-refractivity contribution < 1.29 is 14.9 Å². The smallest absolute Gasteiger partial charge is 0.133 e. The van der Waals surface area contributed by atoms with E-state index in [-0.39, 0.29) is 12.1 Å². The highest BCUT2D eigenvalue weighted by Gasteiger charge is 2.22. The van der Waals surface area contributed by atoms with Crippen LogP contribution in [0.4, 0.5) is 0 Å². The molecular formula is C16H25NO3S. The number of benzene rings is 1. The molecule has 5 heteroatoms. The summed E-state index contributed by atoms with van der Waals surface area (Å²) >= 11 is 1.71. The number of thioether (sulfide) groups is 1. The Morgan fingerprint density at radius 2 is 2.19 bits per heavy atom. The molecule has 4 nitrogen and oxygen atoms in total. The lowest BCUT2D eigenvalue weighted by molar-refractivity contribution is 0.0979. The average Bonchev–Trinajstić information content (AvgIpc) is 2.42. The summed E-state index contributed by atoms with van der Waals surface area (Å²) in [5, 5.41) is 23.2. The number of hydrogen-bond donors (Lipinski definition) is 3. The normalized spacial score (nSPS) is 20.0. The average molecular weight is 311 g/mol. The molecule has 0 aliphatic carbocycles. The van der Waals surface area contributed by atoms with Crippen LogP contribution in [-0.2, 0) is 0 Å². The Balaban J connectivity index is 1.93. The second-order valence-electron chi connectivity index (χ2n) is 6.42. The number of hydrogen-bond acceptors (Lipinski definition) is 5. The second-order valence-corrected chi connectivity index (χ2v) is 7.53. The zero-order chi connectivity index (χ0) is 15.5. The van der Waals surface area contributed by atoms with Crippen molar-refractivity contribution in [1.82, 2.24) is 5.32 Å². The lowest BCUT2D eigenvalue weighted by Gasteiger charge is -2.25. The van der Waals surface area contributed by atoms with Gasteiger partial charge in [0, 0.05) is 17.8 Å². The Morgan fingerprint density at radius 1 is 1.43 bits per heavy atom. The van der Waals surface area contributed by atoms with Crippen LogP contribution in [0.15, 0.2) is 23.1 Å². The Bertz CT molecular complexity index is 473. The Labute approximate surface area is 130 Å². The van der Waals surface area contributed by atoms with Crippen LogP contribution < -0.4 is 10.1 Å². The standard InChI is InChI=1S/C16H25NO3S/c1-16(2,3)17-9-11(18)10-20-14-6-4-5-12-13(19)7-8-21-15(12)14/h4-6,11,13,17-19H,7-10H2,1-3H3. The van der Waals surface area contributed by atoms with Crippen molar-refractivity contribution in [2.75, 3.05) is 18.9 Å². The predicted molar refractivity (Wildman–Crippen MR) is 86.0 cm³/mol. The number of β-amino-alcohol motifs (C(OH)–C–C–N with tert-alkyl or cyclic N) is 1. The number of fused-ring (bicyclic) bond motifs is 1. The first kappa shape index (κ1) is 16.6. The second kappa shape index (κ2) is 7.01. The van der Waals surface area contributed by atoms with Crippen molar-refractivity contribution in [3.63, 3.8) is 0 Å². The van der Waals surface area contributed by atoms with Gasteiger partial charge in [-0.05, 0) is 38.8 Å². The molecule has 118 valence electrons. The van der Waals surface area contributed by atoms with Gasteiger partial charge in [-0.1, -0.05) is 12.1 Å². The van der Waals surface area contributed by atoms with E-state index in [4.69, 9.17) is 4.74 Å². The molecule has 1 aliphatic rings. The van der Waals surface area contributed by atoms with Crippen molar-refractivity contribution in [2.24, 2.45) is 0 Å². The van der Waals surface area contributed by atoms with E-state index < -0.39 is 12.2 Å².